The Kier molecular flexibility index (Phi) is 3.70. The van der Waals surface area contributed by atoms with Crippen LogP contribution in [0.3, 0.4) is 0 Å². The summed E-state index contributed by atoms with van der Waals surface area (Å²) in [6, 6.07) is 15.7. The molecule has 1 aliphatic rings. The molecule has 0 bridgehead atoms. The van der Waals surface area contributed by atoms with Crippen LogP contribution in [-0.4, -0.2) is 9.98 Å². The molecule has 2 aromatic rings. The van der Waals surface area contributed by atoms with Crippen molar-refractivity contribution in [2.45, 2.75) is 6.42 Å². The summed E-state index contributed by atoms with van der Waals surface area (Å²) in [5.41, 5.74) is 2.85. The molecule has 0 fully saturated rings. The first-order chi connectivity index (χ1) is 9.65. The van der Waals surface area contributed by atoms with Crippen LogP contribution in [0, 0.1) is 0 Å². The number of fused-ring (bicyclic) bond motifs is 1. The predicted molar refractivity (Wildman–Crippen MR) is 93.5 cm³/mol. The molecule has 0 unspecified atom stereocenters. The Morgan fingerprint density at radius 2 is 1.80 bits per heavy atom. The minimum atomic E-state index is 0.547. The number of nitrogens with zero attached hydrogens (tertiary/aromatic N) is 1. The summed E-state index contributed by atoms with van der Waals surface area (Å²) in [5, 5.41) is 3.89. The molecule has 0 amide bonds. The minimum Gasteiger partial charge on any atom is -0.348 e. The Morgan fingerprint density at radius 1 is 1.05 bits per heavy atom. The zero-order chi connectivity index (χ0) is 14.1. The Morgan fingerprint density at radius 3 is 2.55 bits per heavy atom. The van der Waals surface area contributed by atoms with Crippen LogP contribution >= 0.6 is 36.0 Å². The number of para-hydroxylation sites is 1. The standard InChI is InChI=1S/C15H11ClN2S2/c16-10-6-7-12-13(8-10)18(11-4-2-1-3-5-11)15(20)9-14(19)17-12/h1-8H,9H2,(H,17,19). The quantitative estimate of drug-likeness (QED) is 0.748. The summed E-state index contributed by atoms with van der Waals surface area (Å²) in [6.07, 6.45) is 0.547. The molecular formula is C15H11ClN2S2. The van der Waals surface area contributed by atoms with Crippen LogP contribution in [0.2, 0.25) is 5.02 Å². The second-order valence-corrected chi connectivity index (χ2v) is 5.85. The molecule has 0 saturated heterocycles. The van der Waals surface area contributed by atoms with Crippen LogP contribution in [0.4, 0.5) is 17.1 Å². The van der Waals surface area contributed by atoms with E-state index in [4.69, 9.17) is 36.0 Å². The average Bonchev–Trinajstić information content (AvgIpc) is 2.54. The van der Waals surface area contributed by atoms with Crippen LogP contribution in [0.25, 0.3) is 0 Å². The van der Waals surface area contributed by atoms with Crippen molar-refractivity contribution in [2.75, 3.05) is 10.2 Å². The van der Waals surface area contributed by atoms with Crippen LogP contribution < -0.4 is 10.2 Å². The van der Waals surface area contributed by atoms with Gasteiger partial charge in [-0.3, -0.25) is 0 Å². The van der Waals surface area contributed by atoms with Crippen molar-refractivity contribution in [3.8, 4) is 0 Å². The molecule has 0 saturated carbocycles. The van der Waals surface area contributed by atoms with Crippen molar-refractivity contribution in [1.82, 2.24) is 0 Å². The van der Waals surface area contributed by atoms with Gasteiger partial charge in [-0.15, -0.1) is 0 Å². The third-order valence-electron chi connectivity index (χ3n) is 3.05. The summed E-state index contributed by atoms with van der Waals surface area (Å²) in [7, 11) is 0. The van der Waals surface area contributed by atoms with Gasteiger partial charge in [-0.25, -0.2) is 0 Å². The third-order valence-corrected chi connectivity index (χ3v) is 3.86. The van der Waals surface area contributed by atoms with E-state index in [0.29, 0.717) is 11.4 Å². The number of thiocarbonyl (C=S) groups is 2. The first-order valence-electron chi connectivity index (χ1n) is 6.12. The fourth-order valence-corrected chi connectivity index (χ4v) is 3.05. The van der Waals surface area contributed by atoms with Crippen molar-refractivity contribution >= 4 is 63.1 Å². The lowest BCUT2D eigenvalue weighted by Gasteiger charge is -2.24. The number of benzene rings is 2. The molecule has 1 aliphatic heterocycles. The molecule has 2 nitrogen and oxygen atoms in total. The first-order valence-corrected chi connectivity index (χ1v) is 7.32. The molecule has 0 radical (unpaired) electrons. The normalized spacial score (nSPS) is 14.6. The monoisotopic (exact) mass is 318 g/mol. The summed E-state index contributed by atoms with van der Waals surface area (Å²) in [6.45, 7) is 0. The molecular weight excluding hydrogens is 308 g/mol. The van der Waals surface area contributed by atoms with Crippen LogP contribution in [0.1, 0.15) is 6.42 Å². The zero-order valence-corrected chi connectivity index (χ0v) is 12.9. The third kappa shape index (κ3) is 2.54. The Balaban J connectivity index is 2.20. The molecule has 1 heterocycles. The average molecular weight is 319 g/mol. The smallest absolute Gasteiger partial charge is 0.0938 e. The maximum Gasteiger partial charge on any atom is 0.0938 e. The molecule has 20 heavy (non-hydrogen) atoms. The lowest BCUT2D eigenvalue weighted by molar-refractivity contribution is 1.35. The van der Waals surface area contributed by atoms with Gasteiger partial charge in [-0.1, -0.05) is 54.2 Å². The van der Waals surface area contributed by atoms with Gasteiger partial charge < -0.3 is 10.2 Å². The molecule has 0 aromatic heterocycles. The zero-order valence-electron chi connectivity index (χ0n) is 10.5. The highest BCUT2D eigenvalue weighted by atomic mass is 35.5. The highest BCUT2D eigenvalue weighted by Gasteiger charge is 2.23. The van der Waals surface area contributed by atoms with Gasteiger partial charge in [-0.2, -0.15) is 0 Å². The van der Waals surface area contributed by atoms with Crippen molar-refractivity contribution in [3.63, 3.8) is 0 Å². The molecule has 2 aromatic carbocycles. The summed E-state index contributed by atoms with van der Waals surface area (Å²) < 4.78 is 0. The largest absolute Gasteiger partial charge is 0.348 e. The Bertz CT molecular complexity index is 686. The molecule has 3 rings (SSSR count). The summed E-state index contributed by atoms with van der Waals surface area (Å²) >= 11 is 17.0. The topological polar surface area (TPSA) is 15.3 Å². The number of hydrogen-bond acceptors (Lipinski definition) is 2. The van der Waals surface area contributed by atoms with Crippen LogP contribution in [-0.2, 0) is 0 Å². The fraction of sp³-hybridized carbons (Fsp3) is 0.0667. The van der Waals surface area contributed by atoms with E-state index < -0.39 is 0 Å². The number of nitrogens with one attached hydrogen (secondary N) is 1. The van der Waals surface area contributed by atoms with E-state index in [-0.39, 0.29) is 0 Å². The second-order valence-electron chi connectivity index (χ2n) is 4.45. The SMILES string of the molecule is S=C1CC(=S)N(c2ccccc2)c2cc(Cl)ccc2N1. The lowest BCUT2D eigenvalue weighted by atomic mass is 10.2. The highest BCUT2D eigenvalue weighted by molar-refractivity contribution is 7.82. The van der Waals surface area contributed by atoms with Crippen molar-refractivity contribution in [2.24, 2.45) is 0 Å². The van der Waals surface area contributed by atoms with E-state index in [1.807, 2.05) is 53.4 Å². The van der Waals surface area contributed by atoms with Gasteiger partial charge >= 0.3 is 0 Å². The van der Waals surface area contributed by atoms with Gasteiger partial charge in [0.05, 0.1) is 21.4 Å². The van der Waals surface area contributed by atoms with E-state index >= 15 is 0 Å². The molecule has 100 valence electrons. The lowest BCUT2D eigenvalue weighted by Crippen LogP contribution is -2.24. The van der Waals surface area contributed by atoms with E-state index in [0.717, 1.165) is 27.0 Å². The van der Waals surface area contributed by atoms with Crippen molar-refractivity contribution in [1.29, 1.82) is 0 Å². The van der Waals surface area contributed by atoms with Crippen molar-refractivity contribution < 1.29 is 0 Å². The van der Waals surface area contributed by atoms with Crippen LogP contribution in [0.5, 0.6) is 0 Å². The predicted octanol–water partition coefficient (Wildman–Crippen LogP) is 4.95. The highest BCUT2D eigenvalue weighted by Crippen LogP contribution is 2.37. The van der Waals surface area contributed by atoms with Crippen LogP contribution in [0.15, 0.2) is 48.5 Å². The molecule has 1 N–H and O–H groups in total. The van der Waals surface area contributed by atoms with Gasteiger partial charge in [0.25, 0.3) is 0 Å². The molecule has 0 atom stereocenters. The van der Waals surface area contributed by atoms with Gasteiger partial charge in [0.15, 0.2) is 0 Å². The maximum absolute atomic E-state index is 6.14. The van der Waals surface area contributed by atoms with E-state index in [1.165, 1.54) is 0 Å². The number of rotatable bonds is 1. The fourth-order valence-electron chi connectivity index (χ4n) is 2.20. The van der Waals surface area contributed by atoms with E-state index in [2.05, 4.69) is 5.32 Å². The summed E-state index contributed by atoms with van der Waals surface area (Å²) in [4.78, 5) is 3.50. The second kappa shape index (κ2) is 5.48. The molecule has 0 aliphatic carbocycles. The Hall–Kier alpha value is -1.49. The minimum absolute atomic E-state index is 0.547. The van der Waals surface area contributed by atoms with E-state index in [1.54, 1.807) is 0 Å². The number of hydrogen-bond donors (Lipinski definition) is 1. The first kappa shape index (κ1) is 13.5. The molecule has 0 spiro atoms. The van der Waals surface area contributed by atoms with E-state index in [9.17, 15) is 0 Å². The number of halogens is 1. The van der Waals surface area contributed by atoms with Gasteiger partial charge in [0, 0.05) is 17.1 Å². The van der Waals surface area contributed by atoms with Crippen molar-refractivity contribution in [3.05, 3.63) is 53.6 Å². The summed E-state index contributed by atoms with van der Waals surface area (Å²) in [5.74, 6) is 0. The van der Waals surface area contributed by atoms with Gasteiger partial charge in [0.2, 0.25) is 0 Å². The van der Waals surface area contributed by atoms with Gasteiger partial charge in [0.1, 0.15) is 0 Å². The molecule has 5 heteroatoms. The maximum atomic E-state index is 6.14. The Labute approximate surface area is 133 Å². The number of anilines is 3. The van der Waals surface area contributed by atoms with Gasteiger partial charge in [-0.05, 0) is 30.3 Å².